The molecule has 0 spiro atoms. The first kappa shape index (κ1) is 11.5. The first-order valence-electron chi connectivity index (χ1n) is 5.49. The molecule has 0 aliphatic heterocycles. The summed E-state index contributed by atoms with van der Waals surface area (Å²) in [6, 6.07) is 0. The van der Waals surface area contributed by atoms with Gasteiger partial charge in [-0.2, -0.15) is 0 Å². The van der Waals surface area contributed by atoms with Crippen molar-refractivity contribution in [1.82, 2.24) is 0 Å². The van der Waals surface area contributed by atoms with E-state index >= 15 is 0 Å². The van der Waals surface area contributed by atoms with E-state index in [9.17, 15) is 5.11 Å². The summed E-state index contributed by atoms with van der Waals surface area (Å²) in [6.45, 7) is 8.59. The summed E-state index contributed by atoms with van der Waals surface area (Å²) in [7, 11) is 0. The van der Waals surface area contributed by atoms with Crippen LogP contribution in [0.25, 0.3) is 0 Å². The molecule has 1 rings (SSSR count). The zero-order valence-corrected chi connectivity index (χ0v) is 9.80. The van der Waals surface area contributed by atoms with Crippen LogP contribution in [0.1, 0.15) is 47.0 Å². The van der Waals surface area contributed by atoms with E-state index in [0.717, 1.165) is 6.42 Å². The van der Waals surface area contributed by atoms with Crippen molar-refractivity contribution < 1.29 is 5.11 Å². The Morgan fingerprint density at radius 3 is 2.71 bits per heavy atom. The van der Waals surface area contributed by atoms with E-state index < -0.39 is 0 Å². The second-order valence-corrected chi connectivity index (χ2v) is 5.01. The van der Waals surface area contributed by atoms with E-state index in [1.165, 1.54) is 24.0 Å². The maximum Gasteiger partial charge on any atom is 0.0546 e. The maximum absolute atomic E-state index is 9.28. The van der Waals surface area contributed by atoms with Gasteiger partial charge in [0.05, 0.1) is 6.10 Å². The van der Waals surface area contributed by atoms with Crippen LogP contribution in [-0.4, -0.2) is 11.2 Å². The van der Waals surface area contributed by atoms with Crippen LogP contribution in [0.3, 0.4) is 0 Å². The van der Waals surface area contributed by atoms with E-state index in [1.807, 2.05) is 6.92 Å². The Balaban J connectivity index is 2.85. The molecule has 0 heterocycles. The maximum atomic E-state index is 9.28. The van der Waals surface area contributed by atoms with Crippen LogP contribution in [0, 0.1) is 5.41 Å². The lowest BCUT2D eigenvalue weighted by Gasteiger charge is -2.32. The summed E-state index contributed by atoms with van der Waals surface area (Å²) >= 11 is 0. The smallest absolute Gasteiger partial charge is 0.0546 e. The van der Waals surface area contributed by atoms with Gasteiger partial charge in [-0.15, -0.1) is 0 Å². The highest BCUT2D eigenvalue weighted by Crippen LogP contribution is 2.40. The molecule has 80 valence electrons. The summed E-state index contributed by atoms with van der Waals surface area (Å²) in [5, 5.41) is 9.28. The molecule has 0 bridgehead atoms. The third-order valence-electron chi connectivity index (χ3n) is 3.04. The Kier molecular flexibility index (Phi) is 3.54. The summed E-state index contributed by atoms with van der Waals surface area (Å²) in [5.74, 6) is 0. The van der Waals surface area contributed by atoms with E-state index in [2.05, 4.69) is 32.9 Å². The average Bonchev–Trinajstić information content (AvgIpc) is 2.01. The highest BCUT2D eigenvalue weighted by Gasteiger charge is 2.26. The molecule has 1 aliphatic rings. The zero-order chi connectivity index (χ0) is 10.8. The topological polar surface area (TPSA) is 20.2 Å². The number of hydrogen-bond donors (Lipinski definition) is 1. The lowest BCUT2D eigenvalue weighted by atomic mass is 9.73. The van der Waals surface area contributed by atoms with Crippen molar-refractivity contribution in [2.45, 2.75) is 53.1 Å². The Labute approximate surface area is 87.5 Å². The lowest BCUT2D eigenvalue weighted by Crippen LogP contribution is -2.19. The Hall–Kier alpha value is -0.560. The van der Waals surface area contributed by atoms with Crippen LogP contribution in [0.2, 0.25) is 0 Å². The van der Waals surface area contributed by atoms with Crippen molar-refractivity contribution in [3.05, 3.63) is 23.3 Å². The molecule has 0 aromatic rings. The van der Waals surface area contributed by atoms with Gasteiger partial charge in [0.1, 0.15) is 0 Å². The molecule has 0 fully saturated rings. The molecule has 0 saturated carbocycles. The summed E-state index contributed by atoms with van der Waals surface area (Å²) in [6.07, 6.45) is 7.45. The van der Waals surface area contributed by atoms with Crippen molar-refractivity contribution in [1.29, 1.82) is 0 Å². The predicted molar refractivity (Wildman–Crippen MR) is 61.2 cm³/mol. The summed E-state index contributed by atoms with van der Waals surface area (Å²) < 4.78 is 0. The number of rotatable bonds is 2. The van der Waals surface area contributed by atoms with E-state index in [1.54, 1.807) is 0 Å². The minimum atomic E-state index is -0.229. The van der Waals surface area contributed by atoms with Gasteiger partial charge in [0.25, 0.3) is 0 Å². The molecule has 0 aromatic heterocycles. The van der Waals surface area contributed by atoms with Crippen molar-refractivity contribution >= 4 is 0 Å². The first-order valence-corrected chi connectivity index (χ1v) is 5.49. The quantitative estimate of drug-likeness (QED) is 0.714. The van der Waals surface area contributed by atoms with Crippen molar-refractivity contribution in [2.75, 3.05) is 0 Å². The minimum absolute atomic E-state index is 0.229. The molecule has 1 heteroatoms. The monoisotopic (exact) mass is 194 g/mol. The van der Waals surface area contributed by atoms with Gasteiger partial charge in [-0.25, -0.2) is 0 Å². The normalized spacial score (nSPS) is 26.1. The molecule has 1 N–H and O–H groups in total. The first-order chi connectivity index (χ1) is 6.43. The molecule has 0 unspecified atom stereocenters. The SMILES string of the molecule is CC1=CCCC(C)(C)/C1=C/C[C@H](C)O. The van der Waals surface area contributed by atoms with Gasteiger partial charge in [0, 0.05) is 0 Å². The minimum Gasteiger partial charge on any atom is -0.393 e. The van der Waals surface area contributed by atoms with Gasteiger partial charge < -0.3 is 5.11 Å². The van der Waals surface area contributed by atoms with E-state index in [4.69, 9.17) is 0 Å². The van der Waals surface area contributed by atoms with Gasteiger partial charge in [-0.3, -0.25) is 0 Å². The summed E-state index contributed by atoms with van der Waals surface area (Å²) in [4.78, 5) is 0. The van der Waals surface area contributed by atoms with Gasteiger partial charge in [0.15, 0.2) is 0 Å². The standard InChI is InChI=1S/C13H22O/c1-10-6-5-9-13(3,4)12(10)8-7-11(2)14/h6,8,11,14H,5,7,9H2,1-4H3/b12-8+/t11-/m0/s1. The third kappa shape index (κ3) is 2.71. The third-order valence-corrected chi connectivity index (χ3v) is 3.04. The van der Waals surface area contributed by atoms with E-state index in [-0.39, 0.29) is 11.5 Å². The lowest BCUT2D eigenvalue weighted by molar-refractivity contribution is 0.197. The fourth-order valence-electron chi connectivity index (χ4n) is 2.15. The average molecular weight is 194 g/mol. The number of aliphatic hydroxyl groups excluding tert-OH is 1. The van der Waals surface area contributed by atoms with Crippen molar-refractivity contribution in [3.63, 3.8) is 0 Å². The highest BCUT2D eigenvalue weighted by molar-refractivity contribution is 5.36. The molecule has 0 saturated heterocycles. The van der Waals surface area contributed by atoms with Crippen LogP contribution in [0.4, 0.5) is 0 Å². The number of aliphatic hydroxyl groups is 1. The fourth-order valence-corrected chi connectivity index (χ4v) is 2.15. The van der Waals surface area contributed by atoms with Crippen LogP contribution < -0.4 is 0 Å². The molecule has 1 atom stereocenters. The largest absolute Gasteiger partial charge is 0.393 e. The molecule has 1 aliphatic carbocycles. The molecule has 0 aromatic carbocycles. The van der Waals surface area contributed by atoms with Crippen LogP contribution >= 0.6 is 0 Å². The second-order valence-electron chi connectivity index (χ2n) is 5.01. The van der Waals surface area contributed by atoms with Gasteiger partial charge >= 0.3 is 0 Å². The van der Waals surface area contributed by atoms with Crippen LogP contribution in [-0.2, 0) is 0 Å². The zero-order valence-electron chi connectivity index (χ0n) is 9.80. The number of allylic oxidation sites excluding steroid dienone is 3. The van der Waals surface area contributed by atoms with Crippen molar-refractivity contribution in [3.8, 4) is 0 Å². The van der Waals surface area contributed by atoms with Crippen molar-refractivity contribution in [2.24, 2.45) is 5.41 Å². The van der Waals surface area contributed by atoms with Gasteiger partial charge in [0.2, 0.25) is 0 Å². The van der Waals surface area contributed by atoms with E-state index in [0.29, 0.717) is 0 Å². The fraction of sp³-hybridized carbons (Fsp3) is 0.692. The Morgan fingerprint density at radius 1 is 1.57 bits per heavy atom. The molecule has 0 radical (unpaired) electrons. The van der Waals surface area contributed by atoms with Crippen LogP contribution in [0.5, 0.6) is 0 Å². The molecule has 14 heavy (non-hydrogen) atoms. The molecular formula is C13H22O. The van der Waals surface area contributed by atoms with Gasteiger partial charge in [-0.1, -0.05) is 31.6 Å². The van der Waals surface area contributed by atoms with Crippen LogP contribution in [0.15, 0.2) is 23.3 Å². The molecule has 0 amide bonds. The number of hydrogen-bond acceptors (Lipinski definition) is 1. The summed E-state index contributed by atoms with van der Waals surface area (Å²) in [5.41, 5.74) is 3.10. The highest BCUT2D eigenvalue weighted by atomic mass is 16.3. The predicted octanol–water partition coefficient (Wildman–Crippen LogP) is 3.45. The second kappa shape index (κ2) is 4.31. The Bertz CT molecular complexity index is 256. The molecular weight excluding hydrogens is 172 g/mol. The van der Waals surface area contributed by atoms with Gasteiger partial charge in [-0.05, 0) is 44.1 Å². The Morgan fingerprint density at radius 2 is 2.21 bits per heavy atom. The molecule has 1 nitrogen and oxygen atoms in total.